The summed E-state index contributed by atoms with van der Waals surface area (Å²) in [6, 6.07) is 1.78. The van der Waals surface area contributed by atoms with Crippen molar-refractivity contribution in [3.8, 4) is 0 Å². The second-order valence-corrected chi connectivity index (χ2v) is 0.904. The zero-order valence-electron chi connectivity index (χ0n) is 5.70. The van der Waals surface area contributed by atoms with Gasteiger partial charge in [-0.15, -0.1) is 0 Å². The van der Waals surface area contributed by atoms with Gasteiger partial charge in [-0.2, -0.15) is 0 Å². The van der Waals surface area contributed by atoms with Crippen molar-refractivity contribution < 1.29 is 27.4 Å². The second kappa shape index (κ2) is 23.2. The summed E-state index contributed by atoms with van der Waals surface area (Å²) in [4.78, 5) is 7.35. The summed E-state index contributed by atoms with van der Waals surface area (Å²) in [5, 5.41) is 0. The summed E-state index contributed by atoms with van der Waals surface area (Å²) in [6.07, 6.45) is 4.88. The van der Waals surface area contributed by atoms with Gasteiger partial charge in [-0.25, -0.2) is 9.97 Å². The largest absolute Gasteiger partial charge is 0.412 e. The van der Waals surface area contributed by atoms with Gasteiger partial charge in [-0.05, 0) is 6.07 Å². The predicted octanol–water partition coefficient (Wildman–Crippen LogP) is -3.65. The van der Waals surface area contributed by atoms with Crippen LogP contribution in [0.5, 0.6) is 0 Å². The molecule has 0 atom stereocenters. The van der Waals surface area contributed by atoms with Gasteiger partial charge in [0.15, 0.2) is 0 Å². The molecule has 0 aliphatic carbocycles. The van der Waals surface area contributed by atoms with Gasteiger partial charge in [-0.3, -0.25) is 0 Å². The maximum absolute atomic E-state index is 3.67. The molecule has 0 saturated heterocycles. The fourth-order valence-electron chi connectivity index (χ4n) is 0.253. The first-order chi connectivity index (χ1) is 3.00. The molecule has 1 heterocycles. The van der Waals surface area contributed by atoms with E-state index in [1.54, 1.807) is 18.5 Å². The van der Waals surface area contributed by atoms with Gasteiger partial charge >= 0.3 is 0 Å². The van der Waals surface area contributed by atoms with E-state index >= 15 is 0 Å². The van der Waals surface area contributed by atoms with Crippen molar-refractivity contribution in [1.29, 1.82) is 0 Å². The maximum Gasteiger partial charge on any atom is 0.115 e. The van der Waals surface area contributed by atoms with Gasteiger partial charge in [0.05, 0.1) is 0 Å². The lowest BCUT2D eigenvalue weighted by Gasteiger charge is -1.70. The number of aromatic nitrogens is 2. The lowest BCUT2D eigenvalue weighted by Crippen LogP contribution is -1.66. The number of nitrogens with zero attached hydrogens (tertiary/aromatic N) is 2. The fourth-order valence-corrected chi connectivity index (χ4v) is 0.253. The van der Waals surface area contributed by atoms with E-state index < -0.39 is 0 Å². The Labute approximate surface area is 63.3 Å². The maximum atomic E-state index is 3.67. The van der Waals surface area contributed by atoms with Crippen molar-refractivity contribution in [2.75, 3.05) is 0 Å². The van der Waals surface area contributed by atoms with Crippen molar-refractivity contribution in [2.45, 2.75) is 0 Å². The van der Waals surface area contributed by atoms with Gasteiger partial charge in [0.2, 0.25) is 0 Å². The van der Waals surface area contributed by atoms with Crippen molar-refractivity contribution in [3.63, 3.8) is 0 Å². The monoisotopic (exact) mass is 170 g/mol. The predicted molar refractivity (Wildman–Crippen MR) is 40.1 cm³/mol. The number of hydrogen-bond acceptors (Lipinski definition) is 2. The van der Waals surface area contributed by atoms with Crippen LogP contribution >= 0.6 is 0 Å². The molecule has 7 nitrogen and oxygen atoms in total. The fraction of sp³-hybridized carbons (Fsp3) is 0. The van der Waals surface area contributed by atoms with E-state index in [-0.39, 0.29) is 27.4 Å². The van der Waals surface area contributed by atoms with Gasteiger partial charge < -0.3 is 27.4 Å². The van der Waals surface area contributed by atoms with Crippen molar-refractivity contribution in [3.05, 3.63) is 24.8 Å². The second-order valence-electron chi connectivity index (χ2n) is 0.904. The minimum atomic E-state index is 0. The third-order valence-corrected chi connectivity index (χ3v) is 0.478. The summed E-state index contributed by atoms with van der Waals surface area (Å²) >= 11 is 0. The molecule has 7 heteroatoms. The Morgan fingerprint density at radius 1 is 0.636 bits per heavy atom. The molecule has 0 aliphatic heterocycles. The summed E-state index contributed by atoms with van der Waals surface area (Å²) in [7, 11) is 0. The molecule has 0 aliphatic rings. The van der Waals surface area contributed by atoms with E-state index in [0.717, 1.165) is 0 Å². The summed E-state index contributed by atoms with van der Waals surface area (Å²) in [5.41, 5.74) is 0. The van der Waals surface area contributed by atoms with Crippen LogP contribution in [0.3, 0.4) is 0 Å². The molecule has 1 aromatic rings. The zero-order chi connectivity index (χ0) is 4.24. The first-order valence-corrected chi connectivity index (χ1v) is 1.70. The van der Waals surface area contributed by atoms with E-state index in [1.807, 2.05) is 0 Å². The lowest BCUT2D eigenvalue weighted by molar-refractivity contribution is 0.823. The highest BCUT2D eigenvalue weighted by Crippen LogP contribution is 1.66. The molecule has 0 bridgehead atoms. The minimum Gasteiger partial charge on any atom is -0.412 e. The summed E-state index contributed by atoms with van der Waals surface area (Å²) in [5.74, 6) is 0. The molecular formula is C4H14N2O5. The smallest absolute Gasteiger partial charge is 0.115 e. The molecule has 1 aromatic heterocycles. The Kier molecular flexibility index (Phi) is 68.9. The van der Waals surface area contributed by atoms with Crippen LogP contribution in [0.15, 0.2) is 24.8 Å². The molecule has 0 unspecified atom stereocenters. The third kappa shape index (κ3) is 17.7. The Bertz CT molecular complexity index is 88.4. The molecule has 10 N–H and O–H groups in total. The standard InChI is InChI=1S/C4H4N2.5H2O/c1-2-5-4-6-3-1;;;;;/h1-4H;5*1H2. The molecule has 0 fully saturated rings. The van der Waals surface area contributed by atoms with Gasteiger partial charge in [0, 0.05) is 12.4 Å². The average Bonchev–Trinajstić information content (AvgIpc) is 1.72. The Morgan fingerprint density at radius 2 is 1.00 bits per heavy atom. The van der Waals surface area contributed by atoms with E-state index in [9.17, 15) is 0 Å². The Morgan fingerprint density at radius 3 is 1.09 bits per heavy atom. The number of hydrogen-bond donors (Lipinski definition) is 0. The lowest BCUT2D eigenvalue weighted by atomic mass is 10.7. The van der Waals surface area contributed by atoms with Crippen molar-refractivity contribution in [2.24, 2.45) is 0 Å². The summed E-state index contributed by atoms with van der Waals surface area (Å²) in [6.45, 7) is 0. The van der Waals surface area contributed by atoms with Gasteiger partial charge in [0.25, 0.3) is 0 Å². The molecule has 0 radical (unpaired) electrons. The van der Waals surface area contributed by atoms with Crippen molar-refractivity contribution >= 4 is 0 Å². The van der Waals surface area contributed by atoms with E-state index in [1.165, 1.54) is 6.33 Å². The van der Waals surface area contributed by atoms with Crippen LogP contribution in [-0.2, 0) is 0 Å². The molecular weight excluding hydrogens is 156 g/mol. The normalized spacial score (nSPS) is 4.36. The van der Waals surface area contributed by atoms with Crippen LogP contribution in [0.25, 0.3) is 0 Å². The van der Waals surface area contributed by atoms with E-state index in [0.29, 0.717) is 0 Å². The van der Waals surface area contributed by atoms with Crippen LogP contribution < -0.4 is 0 Å². The highest BCUT2D eigenvalue weighted by Gasteiger charge is 1.59. The van der Waals surface area contributed by atoms with Crippen molar-refractivity contribution in [1.82, 2.24) is 9.97 Å². The van der Waals surface area contributed by atoms with Crippen LogP contribution in [0, 0.1) is 0 Å². The minimum absolute atomic E-state index is 0. The molecule has 0 aromatic carbocycles. The highest BCUT2D eigenvalue weighted by molar-refractivity contribution is 4.74. The molecule has 70 valence electrons. The van der Waals surface area contributed by atoms with E-state index in [2.05, 4.69) is 9.97 Å². The molecule has 0 spiro atoms. The topological polar surface area (TPSA) is 183 Å². The third-order valence-electron chi connectivity index (χ3n) is 0.478. The average molecular weight is 170 g/mol. The molecule has 1 rings (SSSR count). The van der Waals surface area contributed by atoms with Gasteiger partial charge in [-0.1, -0.05) is 0 Å². The molecule has 11 heavy (non-hydrogen) atoms. The quantitative estimate of drug-likeness (QED) is 0.389. The highest BCUT2D eigenvalue weighted by atomic mass is 16.0. The van der Waals surface area contributed by atoms with Crippen LogP contribution in [0.2, 0.25) is 0 Å². The van der Waals surface area contributed by atoms with Crippen LogP contribution in [0.1, 0.15) is 0 Å². The Hall–Kier alpha value is -1.12. The molecule has 0 amide bonds. The SMILES string of the molecule is O.O.O.O.O.c1cncnc1. The van der Waals surface area contributed by atoms with Crippen LogP contribution in [-0.4, -0.2) is 37.3 Å². The first kappa shape index (κ1) is 32.7. The first-order valence-electron chi connectivity index (χ1n) is 1.70. The summed E-state index contributed by atoms with van der Waals surface area (Å²) < 4.78 is 0. The van der Waals surface area contributed by atoms with E-state index in [4.69, 9.17) is 0 Å². The van der Waals surface area contributed by atoms with Crippen LogP contribution in [0.4, 0.5) is 0 Å². The van der Waals surface area contributed by atoms with Gasteiger partial charge in [0.1, 0.15) is 6.33 Å². The zero-order valence-corrected chi connectivity index (χ0v) is 5.70. The Balaban J connectivity index is -0.0000000240. The molecule has 0 saturated carbocycles. The number of rotatable bonds is 0.